The summed E-state index contributed by atoms with van der Waals surface area (Å²) in [6, 6.07) is 3.77. The van der Waals surface area contributed by atoms with Gasteiger partial charge in [0, 0.05) is 25.4 Å². The third-order valence-corrected chi connectivity index (χ3v) is 2.37. The van der Waals surface area contributed by atoms with Crippen molar-refractivity contribution in [1.82, 2.24) is 10.3 Å². The number of rotatable bonds is 6. The highest BCUT2D eigenvalue weighted by Crippen LogP contribution is 2.10. The number of unbranched alkanes of at least 4 members (excludes halogenated alkanes) is 1. The Morgan fingerprint density at radius 3 is 3.00 bits per heavy atom. The smallest absolute Gasteiger partial charge is 0.220 e. The van der Waals surface area contributed by atoms with Gasteiger partial charge in [-0.1, -0.05) is 6.07 Å². The third-order valence-electron chi connectivity index (χ3n) is 2.37. The molecule has 4 nitrogen and oxygen atoms in total. The molecule has 0 saturated heterocycles. The van der Waals surface area contributed by atoms with Crippen LogP contribution in [0.3, 0.4) is 0 Å². The number of carbonyl (C=O) groups is 1. The van der Waals surface area contributed by atoms with Gasteiger partial charge >= 0.3 is 0 Å². The molecule has 1 aromatic rings. The molecule has 16 heavy (non-hydrogen) atoms. The molecule has 0 unspecified atom stereocenters. The summed E-state index contributed by atoms with van der Waals surface area (Å²) in [7, 11) is 0. The molecule has 2 N–H and O–H groups in total. The highest BCUT2D eigenvalue weighted by atomic mass is 16.2. The minimum Gasteiger partial charge on any atom is -0.396 e. The highest BCUT2D eigenvalue weighted by molar-refractivity contribution is 5.76. The summed E-state index contributed by atoms with van der Waals surface area (Å²) < 4.78 is 0. The Bertz CT molecular complexity index is 314. The van der Waals surface area contributed by atoms with Crippen LogP contribution >= 0.6 is 0 Å². The van der Waals surface area contributed by atoms with Crippen molar-refractivity contribution in [3.63, 3.8) is 0 Å². The van der Waals surface area contributed by atoms with E-state index in [0.29, 0.717) is 12.8 Å². The van der Waals surface area contributed by atoms with E-state index in [0.717, 1.165) is 12.0 Å². The van der Waals surface area contributed by atoms with Crippen LogP contribution in [0.4, 0.5) is 0 Å². The Balaban J connectivity index is 2.34. The first-order valence-corrected chi connectivity index (χ1v) is 5.54. The molecule has 1 rings (SSSR count). The predicted octanol–water partition coefficient (Wildman–Crippen LogP) is 1.42. The number of amides is 1. The lowest BCUT2D eigenvalue weighted by Gasteiger charge is -2.13. The summed E-state index contributed by atoms with van der Waals surface area (Å²) in [4.78, 5) is 15.5. The summed E-state index contributed by atoms with van der Waals surface area (Å²) in [6.07, 6.45) is 5.32. The topological polar surface area (TPSA) is 62.2 Å². The number of aromatic nitrogens is 1. The average molecular weight is 222 g/mol. The van der Waals surface area contributed by atoms with Gasteiger partial charge in [0.2, 0.25) is 5.91 Å². The molecular formula is C12H18N2O2. The molecule has 0 bridgehead atoms. The Morgan fingerprint density at radius 2 is 2.38 bits per heavy atom. The van der Waals surface area contributed by atoms with E-state index in [1.54, 1.807) is 12.4 Å². The first-order chi connectivity index (χ1) is 7.74. The fourth-order valence-electron chi connectivity index (χ4n) is 1.43. The molecule has 0 aliphatic rings. The number of aliphatic hydroxyl groups is 1. The number of nitrogens with zero attached hydrogens (tertiary/aromatic N) is 1. The van der Waals surface area contributed by atoms with Crippen molar-refractivity contribution >= 4 is 5.91 Å². The number of hydrogen-bond donors (Lipinski definition) is 2. The molecular weight excluding hydrogens is 204 g/mol. The average Bonchev–Trinajstić information content (AvgIpc) is 2.30. The van der Waals surface area contributed by atoms with Gasteiger partial charge in [-0.2, -0.15) is 0 Å². The summed E-state index contributed by atoms with van der Waals surface area (Å²) in [6.45, 7) is 2.08. The zero-order chi connectivity index (χ0) is 11.8. The summed E-state index contributed by atoms with van der Waals surface area (Å²) >= 11 is 0. The summed E-state index contributed by atoms with van der Waals surface area (Å²) in [5.74, 6) is 0.0183. The van der Waals surface area contributed by atoms with E-state index in [2.05, 4.69) is 10.3 Å². The van der Waals surface area contributed by atoms with Crippen LogP contribution in [0, 0.1) is 0 Å². The van der Waals surface area contributed by atoms with E-state index in [9.17, 15) is 4.79 Å². The number of nitrogens with one attached hydrogen (secondary N) is 1. The molecule has 0 aliphatic carbocycles. The van der Waals surface area contributed by atoms with Gasteiger partial charge in [-0.25, -0.2) is 0 Å². The van der Waals surface area contributed by atoms with E-state index < -0.39 is 0 Å². The maximum atomic E-state index is 11.5. The molecule has 0 aliphatic heterocycles. The van der Waals surface area contributed by atoms with E-state index in [4.69, 9.17) is 5.11 Å². The van der Waals surface area contributed by atoms with Gasteiger partial charge in [0.05, 0.1) is 6.04 Å². The van der Waals surface area contributed by atoms with E-state index in [1.807, 2.05) is 19.1 Å². The lowest BCUT2D eigenvalue weighted by molar-refractivity contribution is -0.121. The van der Waals surface area contributed by atoms with Crippen molar-refractivity contribution in [1.29, 1.82) is 0 Å². The van der Waals surface area contributed by atoms with Crippen molar-refractivity contribution in [3.05, 3.63) is 30.1 Å². The normalized spacial score (nSPS) is 12.1. The van der Waals surface area contributed by atoms with Crippen LogP contribution in [0.2, 0.25) is 0 Å². The van der Waals surface area contributed by atoms with Crippen LogP contribution in [0.1, 0.15) is 37.8 Å². The maximum absolute atomic E-state index is 11.5. The Morgan fingerprint density at radius 1 is 1.56 bits per heavy atom. The SMILES string of the molecule is C[C@@H](NC(=O)CCCCO)c1cccnc1. The summed E-state index contributed by atoms with van der Waals surface area (Å²) in [5.41, 5.74) is 0.998. The fourth-order valence-corrected chi connectivity index (χ4v) is 1.43. The Labute approximate surface area is 95.7 Å². The van der Waals surface area contributed by atoms with Crippen LogP contribution in [-0.2, 0) is 4.79 Å². The van der Waals surface area contributed by atoms with E-state index in [-0.39, 0.29) is 18.6 Å². The standard InChI is InChI=1S/C12H18N2O2/c1-10(11-5-4-7-13-9-11)14-12(16)6-2-3-8-15/h4-5,7,9-10,15H,2-3,6,8H2,1H3,(H,14,16)/t10-/m1/s1. The van der Waals surface area contributed by atoms with Gasteiger partial charge in [-0.05, 0) is 31.4 Å². The predicted molar refractivity (Wildman–Crippen MR) is 61.7 cm³/mol. The molecule has 88 valence electrons. The zero-order valence-corrected chi connectivity index (χ0v) is 9.52. The molecule has 0 saturated carbocycles. The largest absolute Gasteiger partial charge is 0.396 e. The highest BCUT2D eigenvalue weighted by Gasteiger charge is 2.08. The maximum Gasteiger partial charge on any atom is 0.220 e. The quantitative estimate of drug-likeness (QED) is 0.715. The molecule has 4 heteroatoms. The van der Waals surface area contributed by atoms with Gasteiger partial charge in [-0.15, -0.1) is 0 Å². The van der Waals surface area contributed by atoms with Gasteiger partial charge in [0.25, 0.3) is 0 Å². The van der Waals surface area contributed by atoms with Gasteiger partial charge in [0.15, 0.2) is 0 Å². The van der Waals surface area contributed by atoms with Crippen molar-refractivity contribution < 1.29 is 9.90 Å². The van der Waals surface area contributed by atoms with Crippen LogP contribution < -0.4 is 5.32 Å². The number of aliphatic hydroxyl groups excluding tert-OH is 1. The Hall–Kier alpha value is -1.42. The second-order valence-electron chi connectivity index (χ2n) is 3.76. The van der Waals surface area contributed by atoms with Crippen molar-refractivity contribution in [3.8, 4) is 0 Å². The van der Waals surface area contributed by atoms with Crippen LogP contribution in [-0.4, -0.2) is 22.6 Å². The second kappa shape index (κ2) is 6.95. The monoisotopic (exact) mass is 222 g/mol. The van der Waals surface area contributed by atoms with Crippen LogP contribution in [0.25, 0.3) is 0 Å². The number of pyridine rings is 1. The fraction of sp³-hybridized carbons (Fsp3) is 0.500. The molecule has 1 heterocycles. The number of carbonyl (C=O) groups excluding carboxylic acids is 1. The van der Waals surface area contributed by atoms with E-state index >= 15 is 0 Å². The lowest BCUT2D eigenvalue weighted by Crippen LogP contribution is -2.26. The molecule has 0 radical (unpaired) electrons. The van der Waals surface area contributed by atoms with Crippen LogP contribution in [0.5, 0.6) is 0 Å². The first-order valence-electron chi connectivity index (χ1n) is 5.54. The first kappa shape index (κ1) is 12.6. The minimum atomic E-state index is -0.0182. The van der Waals surface area contributed by atoms with E-state index in [1.165, 1.54) is 0 Å². The van der Waals surface area contributed by atoms with Gasteiger partial charge < -0.3 is 10.4 Å². The van der Waals surface area contributed by atoms with Crippen molar-refractivity contribution in [2.45, 2.75) is 32.2 Å². The molecule has 1 amide bonds. The molecule has 1 atom stereocenters. The molecule has 0 fully saturated rings. The van der Waals surface area contributed by atoms with Crippen molar-refractivity contribution in [2.75, 3.05) is 6.61 Å². The zero-order valence-electron chi connectivity index (χ0n) is 9.52. The van der Waals surface area contributed by atoms with Crippen LogP contribution in [0.15, 0.2) is 24.5 Å². The van der Waals surface area contributed by atoms with Crippen molar-refractivity contribution in [2.24, 2.45) is 0 Å². The third kappa shape index (κ3) is 4.40. The van der Waals surface area contributed by atoms with Gasteiger partial charge in [-0.3, -0.25) is 9.78 Å². The lowest BCUT2D eigenvalue weighted by atomic mass is 10.1. The molecule has 0 spiro atoms. The molecule has 0 aromatic carbocycles. The minimum absolute atomic E-state index is 0.0182. The molecule has 1 aromatic heterocycles. The second-order valence-corrected chi connectivity index (χ2v) is 3.76. The summed E-state index contributed by atoms with van der Waals surface area (Å²) in [5, 5.41) is 11.5. The Kier molecular flexibility index (Phi) is 5.50. The number of hydrogen-bond acceptors (Lipinski definition) is 3. The van der Waals surface area contributed by atoms with Gasteiger partial charge in [0.1, 0.15) is 0 Å².